The minimum atomic E-state index is 0.113. The van der Waals surface area contributed by atoms with E-state index in [4.69, 9.17) is 4.74 Å². The quantitative estimate of drug-likeness (QED) is 0.763. The van der Waals surface area contributed by atoms with Crippen molar-refractivity contribution in [1.29, 1.82) is 0 Å². The van der Waals surface area contributed by atoms with Gasteiger partial charge in [-0.3, -0.25) is 4.79 Å². The second-order valence-electron chi connectivity index (χ2n) is 6.91. The minimum Gasteiger partial charge on any atom is -0.496 e. The third-order valence-corrected chi connectivity index (χ3v) is 5.89. The molecule has 0 saturated heterocycles. The van der Waals surface area contributed by atoms with Gasteiger partial charge in [0.1, 0.15) is 5.75 Å². The first-order valence-corrected chi connectivity index (χ1v) is 8.26. The largest absolute Gasteiger partial charge is 0.496 e. The van der Waals surface area contributed by atoms with Gasteiger partial charge < -0.3 is 4.74 Å². The third kappa shape index (κ3) is 1.83. The molecule has 0 spiro atoms. The van der Waals surface area contributed by atoms with Gasteiger partial charge in [-0.05, 0) is 55.4 Å². The maximum absolute atomic E-state index is 11.8. The molecule has 2 heteroatoms. The van der Waals surface area contributed by atoms with E-state index in [1.165, 1.54) is 22.3 Å². The Bertz CT molecular complexity index is 723. The number of hydrogen-bond acceptors (Lipinski definition) is 2. The molecule has 2 nitrogen and oxygen atoms in total. The molecule has 0 aliphatic heterocycles. The van der Waals surface area contributed by atoms with Crippen molar-refractivity contribution in [2.75, 3.05) is 7.11 Å². The second kappa shape index (κ2) is 4.84. The maximum atomic E-state index is 11.8. The van der Waals surface area contributed by atoms with E-state index in [0.29, 0.717) is 12.2 Å². The highest BCUT2D eigenvalue weighted by Gasteiger charge is 2.42. The van der Waals surface area contributed by atoms with Gasteiger partial charge >= 0.3 is 0 Å². The summed E-state index contributed by atoms with van der Waals surface area (Å²) in [7, 11) is 1.76. The lowest BCUT2D eigenvalue weighted by molar-refractivity contribution is -0.115. The van der Waals surface area contributed by atoms with Crippen LogP contribution in [0.3, 0.4) is 0 Å². The average Bonchev–Trinajstić information content (AvgIpc) is 2.54. The lowest BCUT2D eigenvalue weighted by atomic mass is 9.59. The highest BCUT2D eigenvalue weighted by molar-refractivity contribution is 5.93. The molecule has 0 bridgehead atoms. The van der Waals surface area contributed by atoms with Crippen molar-refractivity contribution in [3.8, 4) is 5.75 Å². The first-order chi connectivity index (χ1) is 10.6. The Kier molecular flexibility index (Phi) is 3.04. The molecule has 22 heavy (non-hydrogen) atoms. The van der Waals surface area contributed by atoms with Crippen LogP contribution in [0.5, 0.6) is 5.75 Å². The molecule has 0 saturated carbocycles. The molecule has 114 valence electrons. The van der Waals surface area contributed by atoms with Gasteiger partial charge in [-0.25, -0.2) is 0 Å². The van der Waals surface area contributed by atoms with E-state index in [0.717, 1.165) is 37.9 Å². The number of allylic oxidation sites excluding steroid dienone is 4. The molecule has 0 aromatic heterocycles. The standard InChI is InChI=1S/C20H22O2/c1-20-11-10-14(21)12-13(20)6-7-16-15-4-3-5-19(22-2)17(15)8-9-18(16)20/h3-5,12H,6-11H2,1-2H3/t20-/m0/s1. The van der Waals surface area contributed by atoms with Crippen molar-refractivity contribution in [3.63, 3.8) is 0 Å². The van der Waals surface area contributed by atoms with Gasteiger partial charge in [-0.15, -0.1) is 0 Å². The lowest BCUT2D eigenvalue weighted by Gasteiger charge is -2.45. The Hall–Kier alpha value is -1.83. The first kappa shape index (κ1) is 13.8. The molecule has 0 radical (unpaired) electrons. The molecule has 0 N–H and O–H groups in total. The number of methoxy groups -OCH3 is 1. The Morgan fingerprint density at radius 3 is 2.77 bits per heavy atom. The van der Waals surface area contributed by atoms with E-state index in [9.17, 15) is 4.79 Å². The van der Waals surface area contributed by atoms with Crippen LogP contribution in [-0.4, -0.2) is 12.9 Å². The Morgan fingerprint density at radius 2 is 1.95 bits per heavy atom. The van der Waals surface area contributed by atoms with Crippen LogP contribution in [0.1, 0.15) is 50.2 Å². The molecule has 3 aliphatic rings. The van der Waals surface area contributed by atoms with E-state index in [-0.39, 0.29) is 5.41 Å². The summed E-state index contributed by atoms with van der Waals surface area (Å²) in [6.45, 7) is 2.35. The van der Waals surface area contributed by atoms with Crippen molar-refractivity contribution in [1.82, 2.24) is 0 Å². The van der Waals surface area contributed by atoms with Gasteiger partial charge in [-0.1, -0.05) is 30.2 Å². The zero-order valence-electron chi connectivity index (χ0n) is 13.4. The zero-order chi connectivity index (χ0) is 15.3. The fourth-order valence-electron chi connectivity index (χ4n) is 4.67. The van der Waals surface area contributed by atoms with Gasteiger partial charge in [0.05, 0.1) is 7.11 Å². The number of carbonyl (C=O) groups excluding carboxylic acids is 1. The molecule has 0 heterocycles. The van der Waals surface area contributed by atoms with Crippen LogP contribution in [0.4, 0.5) is 0 Å². The molecule has 4 rings (SSSR count). The SMILES string of the molecule is COc1cccc2c1CCC1=C2CCC2=CC(=O)CC[C@@]21C. The summed E-state index contributed by atoms with van der Waals surface area (Å²) in [5.41, 5.74) is 7.34. The minimum absolute atomic E-state index is 0.113. The first-order valence-electron chi connectivity index (χ1n) is 8.26. The van der Waals surface area contributed by atoms with Gasteiger partial charge in [-0.2, -0.15) is 0 Å². The zero-order valence-corrected chi connectivity index (χ0v) is 13.4. The molecule has 1 aromatic rings. The normalized spacial score (nSPS) is 26.8. The van der Waals surface area contributed by atoms with Crippen molar-refractivity contribution in [2.45, 2.75) is 45.4 Å². The number of benzene rings is 1. The van der Waals surface area contributed by atoms with Crippen LogP contribution in [0.25, 0.3) is 5.57 Å². The van der Waals surface area contributed by atoms with Gasteiger partial charge in [0.15, 0.2) is 5.78 Å². The lowest BCUT2D eigenvalue weighted by Crippen LogP contribution is -2.32. The summed E-state index contributed by atoms with van der Waals surface area (Å²) in [5, 5.41) is 0. The van der Waals surface area contributed by atoms with E-state index < -0.39 is 0 Å². The van der Waals surface area contributed by atoms with Gasteiger partial charge in [0.25, 0.3) is 0 Å². The Balaban J connectivity index is 1.88. The fraction of sp³-hybridized carbons (Fsp3) is 0.450. The monoisotopic (exact) mass is 294 g/mol. The molecular formula is C20H22O2. The summed E-state index contributed by atoms with van der Waals surface area (Å²) in [4.78, 5) is 11.8. The number of ketones is 1. The van der Waals surface area contributed by atoms with Gasteiger partial charge in [0, 0.05) is 17.4 Å². The summed E-state index contributed by atoms with van der Waals surface area (Å²) in [6, 6.07) is 6.42. The molecule has 0 unspecified atom stereocenters. The average molecular weight is 294 g/mol. The predicted molar refractivity (Wildman–Crippen MR) is 87.9 cm³/mol. The predicted octanol–water partition coefficient (Wildman–Crippen LogP) is 4.48. The van der Waals surface area contributed by atoms with Crippen molar-refractivity contribution in [3.05, 3.63) is 46.5 Å². The smallest absolute Gasteiger partial charge is 0.155 e. The Labute approximate surface area is 131 Å². The van der Waals surface area contributed by atoms with Gasteiger partial charge in [0.2, 0.25) is 0 Å². The summed E-state index contributed by atoms with van der Waals surface area (Å²) < 4.78 is 5.56. The van der Waals surface area contributed by atoms with Crippen molar-refractivity contribution in [2.24, 2.45) is 5.41 Å². The number of ether oxygens (including phenoxy) is 1. The van der Waals surface area contributed by atoms with Crippen LogP contribution in [0.2, 0.25) is 0 Å². The summed E-state index contributed by atoms with van der Waals surface area (Å²) in [6.07, 6.45) is 7.85. The van der Waals surface area contributed by atoms with Crippen LogP contribution >= 0.6 is 0 Å². The molecule has 0 amide bonds. The van der Waals surface area contributed by atoms with E-state index in [2.05, 4.69) is 25.1 Å². The highest BCUT2D eigenvalue weighted by atomic mass is 16.5. The van der Waals surface area contributed by atoms with E-state index >= 15 is 0 Å². The van der Waals surface area contributed by atoms with Crippen molar-refractivity contribution < 1.29 is 9.53 Å². The summed E-state index contributed by atoms with van der Waals surface area (Å²) in [5.74, 6) is 1.34. The number of fused-ring (bicyclic) bond motifs is 4. The fourth-order valence-corrected chi connectivity index (χ4v) is 4.67. The third-order valence-electron chi connectivity index (χ3n) is 5.89. The summed E-state index contributed by atoms with van der Waals surface area (Å²) >= 11 is 0. The molecule has 1 atom stereocenters. The van der Waals surface area contributed by atoms with Crippen molar-refractivity contribution >= 4 is 11.4 Å². The number of rotatable bonds is 1. The molecular weight excluding hydrogens is 272 g/mol. The van der Waals surface area contributed by atoms with Crippen LogP contribution in [0, 0.1) is 5.41 Å². The van der Waals surface area contributed by atoms with E-state index in [1.807, 2.05) is 6.08 Å². The number of carbonyl (C=O) groups is 1. The molecule has 1 aromatic carbocycles. The van der Waals surface area contributed by atoms with Crippen LogP contribution in [0.15, 0.2) is 35.4 Å². The molecule has 0 fully saturated rings. The number of hydrogen-bond donors (Lipinski definition) is 0. The maximum Gasteiger partial charge on any atom is 0.155 e. The highest BCUT2D eigenvalue weighted by Crippen LogP contribution is 2.55. The molecule has 3 aliphatic carbocycles. The Morgan fingerprint density at radius 1 is 1.09 bits per heavy atom. The second-order valence-corrected chi connectivity index (χ2v) is 6.91. The van der Waals surface area contributed by atoms with Crippen LogP contribution < -0.4 is 4.74 Å². The van der Waals surface area contributed by atoms with Crippen LogP contribution in [-0.2, 0) is 11.2 Å². The van der Waals surface area contributed by atoms with E-state index in [1.54, 1.807) is 12.7 Å². The topological polar surface area (TPSA) is 26.3 Å².